The van der Waals surface area contributed by atoms with Gasteiger partial charge in [-0.3, -0.25) is 4.79 Å². The maximum Gasteiger partial charge on any atom is 0.204 e. The molecule has 130 valence electrons. The zero-order valence-corrected chi connectivity index (χ0v) is 14.7. The number of carbonyl (C=O) groups is 1. The first-order valence-electron chi connectivity index (χ1n) is 8.78. The summed E-state index contributed by atoms with van der Waals surface area (Å²) in [7, 11) is 0. The Morgan fingerprint density at radius 2 is 1.30 bits per heavy atom. The van der Waals surface area contributed by atoms with E-state index in [1.54, 1.807) is 12.1 Å². The van der Waals surface area contributed by atoms with Gasteiger partial charge in [0.2, 0.25) is 5.75 Å². The van der Waals surface area contributed by atoms with Crippen molar-refractivity contribution < 1.29 is 19.0 Å². The summed E-state index contributed by atoms with van der Waals surface area (Å²) in [5.74, 6) is 1.74. The van der Waals surface area contributed by atoms with Gasteiger partial charge in [0.25, 0.3) is 0 Å². The largest absolute Gasteiger partial charge is 0.490 e. The second-order valence-electron chi connectivity index (χ2n) is 5.54. The van der Waals surface area contributed by atoms with E-state index in [2.05, 4.69) is 20.8 Å². The van der Waals surface area contributed by atoms with Crippen molar-refractivity contribution in [1.29, 1.82) is 0 Å². The van der Waals surface area contributed by atoms with Crippen LogP contribution in [0.2, 0.25) is 0 Å². The predicted octanol–water partition coefficient (Wildman–Crippen LogP) is 5.04. The average molecular weight is 322 g/mol. The van der Waals surface area contributed by atoms with E-state index >= 15 is 0 Å². The minimum atomic E-state index is 0.510. The fraction of sp³-hybridized carbons (Fsp3) is 0.632. The number of carbonyl (C=O) groups excluding carboxylic acids is 1. The van der Waals surface area contributed by atoms with Gasteiger partial charge in [-0.05, 0) is 31.4 Å². The molecule has 0 amide bonds. The first kappa shape index (κ1) is 19.3. The Morgan fingerprint density at radius 3 is 1.83 bits per heavy atom. The summed E-state index contributed by atoms with van der Waals surface area (Å²) >= 11 is 0. The molecule has 4 heteroatoms. The summed E-state index contributed by atoms with van der Waals surface area (Å²) in [4.78, 5) is 11.3. The van der Waals surface area contributed by atoms with Crippen molar-refractivity contribution in [3.8, 4) is 17.2 Å². The molecule has 0 aliphatic heterocycles. The third-order valence-corrected chi connectivity index (χ3v) is 3.48. The maximum atomic E-state index is 11.3. The SMILES string of the molecule is CCCCOc1ccc(C=O)c(OCCCC)c1OCCCC. The molecular weight excluding hydrogens is 292 g/mol. The fourth-order valence-electron chi connectivity index (χ4n) is 2.02. The van der Waals surface area contributed by atoms with Crippen LogP contribution in [0.4, 0.5) is 0 Å². The third kappa shape index (κ3) is 6.51. The summed E-state index contributed by atoms with van der Waals surface area (Å²) in [5, 5.41) is 0. The lowest BCUT2D eigenvalue weighted by atomic mass is 10.2. The number of benzene rings is 1. The lowest BCUT2D eigenvalue weighted by Crippen LogP contribution is -2.07. The molecule has 1 aromatic rings. The van der Waals surface area contributed by atoms with Crippen molar-refractivity contribution >= 4 is 6.29 Å². The van der Waals surface area contributed by atoms with Gasteiger partial charge in [-0.2, -0.15) is 0 Å². The van der Waals surface area contributed by atoms with Crippen molar-refractivity contribution in [2.75, 3.05) is 19.8 Å². The molecule has 0 N–H and O–H groups in total. The summed E-state index contributed by atoms with van der Waals surface area (Å²) in [6.07, 6.45) is 6.83. The van der Waals surface area contributed by atoms with Crippen LogP contribution < -0.4 is 14.2 Å². The van der Waals surface area contributed by atoms with E-state index in [0.717, 1.165) is 44.8 Å². The lowest BCUT2D eigenvalue weighted by Gasteiger charge is -2.18. The molecule has 0 fully saturated rings. The Hall–Kier alpha value is -1.71. The minimum Gasteiger partial charge on any atom is -0.490 e. The van der Waals surface area contributed by atoms with E-state index in [1.165, 1.54) is 0 Å². The van der Waals surface area contributed by atoms with Crippen molar-refractivity contribution in [1.82, 2.24) is 0 Å². The molecule has 0 heterocycles. The minimum absolute atomic E-state index is 0.510. The van der Waals surface area contributed by atoms with Crippen LogP contribution in [-0.4, -0.2) is 26.1 Å². The number of ether oxygens (including phenoxy) is 3. The summed E-state index contributed by atoms with van der Waals surface area (Å²) in [6, 6.07) is 3.54. The highest BCUT2D eigenvalue weighted by molar-refractivity contribution is 5.82. The molecule has 1 aromatic carbocycles. The predicted molar refractivity (Wildman–Crippen MR) is 93.0 cm³/mol. The normalized spacial score (nSPS) is 10.4. The molecule has 0 atom stereocenters. The van der Waals surface area contributed by atoms with Gasteiger partial charge in [-0.1, -0.05) is 40.0 Å². The van der Waals surface area contributed by atoms with Gasteiger partial charge in [-0.15, -0.1) is 0 Å². The number of hydrogen-bond donors (Lipinski definition) is 0. The van der Waals surface area contributed by atoms with Crippen LogP contribution in [0.5, 0.6) is 17.2 Å². The first-order valence-corrected chi connectivity index (χ1v) is 8.78. The molecule has 0 saturated heterocycles. The van der Waals surface area contributed by atoms with E-state index in [4.69, 9.17) is 14.2 Å². The third-order valence-electron chi connectivity index (χ3n) is 3.48. The average Bonchev–Trinajstić information content (AvgIpc) is 2.57. The maximum absolute atomic E-state index is 11.3. The molecule has 23 heavy (non-hydrogen) atoms. The molecule has 0 bridgehead atoms. The molecule has 0 saturated carbocycles. The Kier molecular flexibility index (Phi) is 9.92. The lowest BCUT2D eigenvalue weighted by molar-refractivity contribution is 0.111. The van der Waals surface area contributed by atoms with E-state index in [9.17, 15) is 4.79 Å². The summed E-state index contributed by atoms with van der Waals surface area (Å²) in [5.41, 5.74) is 0.510. The van der Waals surface area contributed by atoms with Crippen LogP contribution in [0, 0.1) is 0 Å². The first-order chi connectivity index (χ1) is 11.3. The molecule has 0 aromatic heterocycles. The standard InChI is InChI=1S/C19H30O4/c1-4-7-12-21-17-11-10-16(15-20)18(22-13-8-5-2)19(17)23-14-9-6-3/h10-11,15H,4-9,12-14H2,1-3H3. The van der Waals surface area contributed by atoms with Gasteiger partial charge in [0.05, 0.1) is 25.4 Å². The molecule has 0 radical (unpaired) electrons. The number of rotatable bonds is 13. The van der Waals surface area contributed by atoms with Crippen LogP contribution in [0.3, 0.4) is 0 Å². The van der Waals surface area contributed by atoms with E-state index in [0.29, 0.717) is 42.6 Å². The molecule has 0 aliphatic carbocycles. The van der Waals surface area contributed by atoms with Crippen molar-refractivity contribution in [3.05, 3.63) is 17.7 Å². The van der Waals surface area contributed by atoms with E-state index in [-0.39, 0.29) is 0 Å². The van der Waals surface area contributed by atoms with Gasteiger partial charge in [0.1, 0.15) is 0 Å². The zero-order valence-electron chi connectivity index (χ0n) is 14.7. The zero-order chi connectivity index (χ0) is 16.9. The summed E-state index contributed by atoms with van der Waals surface area (Å²) in [6.45, 7) is 8.13. The smallest absolute Gasteiger partial charge is 0.204 e. The quantitative estimate of drug-likeness (QED) is 0.377. The van der Waals surface area contributed by atoms with Crippen molar-refractivity contribution in [2.45, 2.75) is 59.3 Å². The van der Waals surface area contributed by atoms with E-state index < -0.39 is 0 Å². The van der Waals surface area contributed by atoms with Gasteiger partial charge >= 0.3 is 0 Å². The fourth-order valence-corrected chi connectivity index (χ4v) is 2.02. The molecular formula is C19H30O4. The van der Waals surface area contributed by atoms with Crippen molar-refractivity contribution in [3.63, 3.8) is 0 Å². The summed E-state index contributed by atoms with van der Waals surface area (Å²) < 4.78 is 17.6. The number of aldehydes is 1. The molecule has 1 rings (SSSR count). The number of hydrogen-bond acceptors (Lipinski definition) is 4. The molecule has 4 nitrogen and oxygen atoms in total. The molecule has 0 unspecified atom stereocenters. The Labute approximate surface area is 140 Å². The van der Waals surface area contributed by atoms with Crippen LogP contribution in [0.1, 0.15) is 69.7 Å². The highest BCUT2D eigenvalue weighted by atomic mass is 16.5. The van der Waals surface area contributed by atoms with Crippen molar-refractivity contribution in [2.24, 2.45) is 0 Å². The van der Waals surface area contributed by atoms with Crippen LogP contribution >= 0.6 is 0 Å². The van der Waals surface area contributed by atoms with Gasteiger partial charge in [0.15, 0.2) is 17.8 Å². The van der Waals surface area contributed by atoms with Gasteiger partial charge < -0.3 is 14.2 Å². The van der Waals surface area contributed by atoms with E-state index in [1.807, 2.05) is 0 Å². The van der Waals surface area contributed by atoms with Crippen LogP contribution in [0.15, 0.2) is 12.1 Å². The Balaban J connectivity index is 3.01. The number of unbranched alkanes of at least 4 members (excludes halogenated alkanes) is 3. The van der Waals surface area contributed by atoms with Gasteiger partial charge in [-0.25, -0.2) is 0 Å². The van der Waals surface area contributed by atoms with Crippen LogP contribution in [-0.2, 0) is 0 Å². The Bertz CT molecular complexity index is 457. The monoisotopic (exact) mass is 322 g/mol. The Morgan fingerprint density at radius 1 is 0.783 bits per heavy atom. The van der Waals surface area contributed by atoms with Gasteiger partial charge in [0, 0.05) is 0 Å². The van der Waals surface area contributed by atoms with Crippen LogP contribution in [0.25, 0.3) is 0 Å². The molecule has 0 aliphatic rings. The highest BCUT2D eigenvalue weighted by Gasteiger charge is 2.17. The second-order valence-corrected chi connectivity index (χ2v) is 5.54. The molecule has 0 spiro atoms. The second kappa shape index (κ2) is 11.8. The topological polar surface area (TPSA) is 44.8 Å². The highest BCUT2D eigenvalue weighted by Crippen LogP contribution is 2.40.